The molecular formula is C9H9N4O. The first-order chi connectivity index (χ1) is 6.79. The SMILES string of the molecule is Cc1cc(C[O])cc(-c2nnn[nH]2)c1. The Bertz CT molecular complexity index is 424. The molecule has 1 heterocycles. The molecule has 0 atom stereocenters. The second-order valence-electron chi connectivity index (χ2n) is 3.10. The fourth-order valence-corrected chi connectivity index (χ4v) is 1.36. The van der Waals surface area contributed by atoms with Crippen molar-refractivity contribution in [2.45, 2.75) is 13.5 Å². The fraction of sp³-hybridized carbons (Fsp3) is 0.222. The maximum absolute atomic E-state index is 10.7. The average molecular weight is 189 g/mol. The van der Waals surface area contributed by atoms with E-state index in [0.717, 1.165) is 16.7 Å². The molecule has 1 aromatic heterocycles. The van der Waals surface area contributed by atoms with E-state index in [9.17, 15) is 5.11 Å². The molecule has 1 aromatic carbocycles. The van der Waals surface area contributed by atoms with Gasteiger partial charge in [0.2, 0.25) is 0 Å². The summed E-state index contributed by atoms with van der Waals surface area (Å²) in [4.78, 5) is 0. The van der Waals surface area contributed by atoms with E-state index in [0.29, 0.717) is 5.82 Å². The number of benzene rings is 1. The number of rotatable bonds is 2. The minimum Gasteiger partial charge on any atom is -0.239 e. The monoisotopic (exact) mass is 189 g/mol. The van der Waals surface area contributed by atoms with Gasteiger partial charge in [-0.2, -0.15) is 0 Å². The van der Waals surface area contributed by atoms with Crippen LogP contribution in [0, 0.1) is 6.92 Å². The number of nitrogens with one attached hydrogen (secondary N) is 1. The Morgan fingerprint density at radius 3 is 2.86 bits per heavy atom. The highest BCUT2D eigenvalue weighted by Gasteiger charge is 2.04. The van der Waals surface area contributed by atoms with Crippen LogP contribution in [0.25, 0.3) is 11.4 Å². The lowest BCUT2D eigenvalue weighted by molar-refractivity contribution is 0.177. The number of aromatic amines is 1. The van der Waals surface area contributed by atoms with Crippen molar-refractivity contribution >= 4 is 0 Å². The lowest BCUT2D eigenvalue weighted by Gasteiger charge is -2.01. The molecule has 0 saturated heterocycles. The molecular weight excluding hydrogens is 180 g/mol. The third-order valence-electron chi connectivity index (χ3n) is 1.92. The quantitative estimate of drug-likeness (QED) is 0.768. The van der Waals surface area contributed by atoms with E-state index < -0.39 is 0 Å². The molecule has 0 spiro atoms. The summed E-state index contributed by atoms with van der Waals surface area (Å²) in [6.07, 6.45) is 0. The fourth-order valence-electron chi connectivity index (χ4n) is 1.36. The van der Waals surface area contributed by atoms with Crippen molar-refractivity contribution in [3.63, 3.8) is 0 Å². The molecule has 0 aliphatic carbocycles. The van der Waals surface area contributed by atoms with Crippen LogP contribution in [0.2, 0.25) is 0 Å². The van der Waals surface area contributed by atoms with Gasteiger partial charge in [-0.25, -0.2) is 10.2 Å². The molecule has 2 rings (SSSR count). The summed E-state index contributed by atoms with van der Waals surface area (Å²) in [6, 6.07) is 5.59. The zero-order valence-electron chi connectivity index (χ0n) is 7.69. The number of hydrogen-bond donors (Lipinski definition) is 1. The predicted molar refractivity (Wildman–Crippen MR) is 48.7 cm³/mol. The van der Waals surface area contributed by atoms with Gasteiger partial charge in [-0.05, 0) is 35.0 Å². The summed E-state index contributed by atoms with van der Waals surface area (Å²) in [5.41, 5.74) is 2.63. The third kappa shape index (κ3) is 1.62. The molecule has 1 radical (unpaired) electrons. The van der Waals surface area contributed by atoms with Gasteiger partial charge in [0.15, 0.2) is 5.82 Å². The number of H-pyrrole nitrogens is 1. The van der Waals surface area contributed by atoms with Crippen LogP contribution < -0.4 is 0 Å². The Hall–Kier alpha value is -1.75. The van der Waals surface area contributed by atoms with E-state index in [4.69, 9.17) is 0 Å². The molecule has 0 fully saturated rings. The molecule has 0 aliphatic rings. The summed E-state index contributed by atoms with van der Waals surface area (Å²) in [6.45, 7) is 1.71. The van der Waals surface area contributed by atoms with E-state index >= 15 is 0 Å². The molecule has 5 nitrogen and oxygen atoms in total. The van der Waals surface area contributed by atoms with E-state index in [2.05, 4.69) is 20.6 Å². The highest BCUT2D eigenvalue weighted by Crippen LogP contribution is 2.17. The number of tetrazole rings is 1. The van der Waals surface area contributed by atoms with Gasteiger partial charge >= 0.3 is 0 Å². The van der Waals surface area contributed by atoms with Crippen molar-refractivity contribution in [2.24, 2.45) is 0 Å². The normalized spacial score (nSPS) is 10.4. The number of aryl methyl sites for hydroxylation is 1. The molecule has 71 valence electrons. The number of aromatic nitrogens is 4. The summed E-state index contributed by atoms with van der Waals surface area (Å²) in [5.74, 6) is 0.586. The third-order valence-corrected chi connectivity index (χ3v) is 1.92. The lowest BCUT2D eigenvalue weighted by Crippen LogP contribution is -1.88. The van der Waals surface area contributed by atoms with Crippen LogP contribution in [-0.2, 0) is 11.7 Å². The summed E-state index contributed by atoms with van der Waals surface area (Å²) < 4.78 is 0. The molecule has 14 heavy (non-hydrogen) atoms. The van der Waals surface area contributed by atoms with Crippen molar-refractivity contribution < 1.29 is 5.11 Å². The van der Waals surface area contributed by atoms with Gasteiger partial charge in [0.25, 0.3) is 0 Å². The standard InChI is InChI=1S/C9H9N4O/c1-6-2-7(5-14)4-8(3-6)9-10-12-13-11-9/h2-4H,5H2,1H3,(H,10,11,12,13). The second kappa shape index (κ2) is 3.55. The highest BCUT2D eigenvalue weighted by atomic mass is 16.3. The first-order valence-electron chi connectivity index (χ1n) is 4.22. The molecule has 5 heteroatoms. The maximum atomic E-state index is 10.7. The molecule has 0 bridgehead atoms. The van der Waals surface area contributed by atoms with Crippen LogP contribution in [0.15, 0.2) is 18.2 Å². The van der Waals surface area contributed by atoms with Gasteiger partial charge in [-0.15, -0.1) is 5.10 Å². The number of nitrogens with zero attached hydrogens (tertiary/aromatic N) is 3. The highest BCUT2D eigenvalue weighted by molar-refractivity contribution is 5.56. The first-order valence-corrected chi connectivity index (χ1v) is 4.22. The van der Waals surface area contributed by atoms with E-state index in [1.54, 1.807) is 6.07 Å². The second-order valence-corrected chi connectivity index (χ2v) is 3.10. The zero-order chi connectivity index (χ0) is 9.97. The minimum atomic E-state index is -0.226. The van der Waals surface area contributed by atoms with Gasteiger partial charge in [-0.3, -0.25) is 0 Å². The summed E-state index contributed by atoms with van der Waals surface area (Å²) in [5, 5.41) is 24.2. The molecule has 1 N–H and O–H groups in total. The van der Waals surface area contributed by atoms with Crippen molar-refractivity contribution in [3.05, 3.63) is 29.3 Å². The predicted octanol–water partition coefficient (Wildman–Crippen LogP) is 1.11. The number of hydrogen-bond acceptors (Lipinski definition) is 3. The van der Waals surface area contributed by atoms with Gasteiger partial charge in [0, 0.05) is 5.56 Å². The summed E-state index contributed by atoms with van der Waals surface area (Å²) >= 11 is 0. The van der Waals surface area contributed by atoms with Crippen LogP contribution in [0.1, 0.15) is 11.1 Å². The van der Waals surface area contributed by atoms with Crippen LogP contribution in [0.5, 0.6) is 0 Å². The minimum absolute atomic E-state index is 0.226. The van der Waals surface area contributed by atoms with Crippen LogP contribution in [0.3, 0.4) is 0 Å². The van der Waals surface area contributed by atoms with E-state index in [-0.39, 0.29) is 6.61 Å². The molecule has 2 aromatic rings. The van der Waals surface area contributed by atoms with Crippen LogP contribution in [-0.4, -0.2) is 20.6 Å². The zero-order valence-corrected chi connectivity index (χ0v) is 7.69. The molecule has 0 saturated carbocycles. The topological polar surface area (TPSA) is 74.4 Å². The van der Waals surface area contributed by atoms with Gasteiger partial charge in [-0.1, -0.05) is 11.6 Å². The van der Waals surface area contributed by atoms with Gasteiger partial charge in [0.05, 0.1) is 0 Å². The van der Waals surface area contributed by atoms with Crippen molar-refractivity contribution in [3.8, 4) is 11.4 Å². The molecule has 0 aliphatic heterocycles. The molecule has 0 amide bonds. The average Bonchev–Trinajstić information content (AvgIpc) is 2.69. The molecule has 0 unspecified atom stereocenters. The van der Waals surface area contributed by atoms with E-state index in [1.165, 1.54) is 0 Å². The lowest BCUT2D eigenvalue weighted by atomic mass is 10.1. The Morgan fingerprint density at radius 2 is 2.21 bits per heavy atom. The van der Waals surface area contributed by atoms with Crippen molar-refractivity contribution in [2.75, 3.05) is 0 Å². The largest absolute Gasteiger partial charge is 0.239 e. The Labute approximate surface area is 80.8 Å². The van der Waals surface area contributed by atoms with Gasteiger partial charge in [0.1, 0.15) is 6.61 Å². The Kier molecular flexibility index (Phi) is 2.24. The van der Waals surface area contributed by atoms with Crippen molar-refractivity contribution in [1.82, 2.24) is 20.6 Å². The summed E-state index contributed by atoms with van der Waals surface area (Å²) in [7, 11) is 0. The van der Waals surface area contributed by atoms with E-state index in [1.807, 2.05) is 19.1 Å². The Balaban J connectivity index is 2.48. The van der Waals surface area contributed by atoms with Crippen molar-refractivity contribution in [1.29, 1.82) is 0 Å². The maximum Gasteiger partial charge on any atom is 0.179 e. The van der Waals surface area contributed by atoms with Crippen LogP contribution >= 0.6 is 0 Å². The Morgan fingerprint density at radius 1 is 1.36 bits per heavy atom. The van der Waals surface area contributed by atoms with Gasteiger partial charge < -0.3 is 0 Å². The first kappa shape index (κ1) is 8.83. The van der Waals surface area contributed by atoms with Crippen LogP contribution in [0.4, 0.5) is 0 Å². The smallest absolute Gasteiger partial charge is 0.179 e.